The summed E-state index contributed by atoms with van der Waals surface area (Å²) in [5.74, 6) is -2.90. The summed E-state index contributed by atoms with van der Waals surface area (Å²) in [6, 6.07) is 0. The quantitative estimate of drug-likeness (QED) is 0.359. The zero-order valence-electron chi connectivity index (χ0n) is 24.9. The number of esters is 1. The zero-order valence-corrected chi connectivity index (χ0v) is 24.9. The van der Waals surface area contributed by atoms with Crippen LogP contribution in [-0.4, -0.2) is 70.5 Å². The van der Waals surface area contributed by atoms with Crippen molar-refractivity contribution in [1.82, 2.24) is 0 Å². The van der Waals surface area contributed by atoms with Crippen LogP contribution in [0.3, 0.4) is 0 Å². The molecule has 0 aromatic heterocycles. The van der Waals surface area contributed by atoms with Gasteiger partial charge in [-0.2, -0.15) is 0 Å². The second kappa shape index (κ2) is 11.4. The Morgan fingerprint density at radius 2 is 1.80 bits per heavy atom. The van der Waals surface area contributed by atoms with E-state index in [1.807, 2.05) is 32.1 Å². The number of hydrogen-bond donors (Lipinski definition) is 2. The number of carbonyl (C=O) groups excluding carboxylic acids is 2. The summed E-state index contributed by atoms with van der Waals surface area (Å²) in [6.07, 6.45) is 11.2. The Labute approximate surface area is 242 Å². The largest absolute Gasteiger partial charge is 0.462 e. The van der Waals surface area contributed by atoms with Crippen LogP contribution in [0.4, 0.5) is 0 Å². The number of ether oxygens (including phenoxy) is 4. The molecule has 0 saturated carbocycles. The summed E-state index contributed by atoms with van der Waals surface area (Å²) < 4.78 is 25.1. The van der Waals surface area contributed by atoms with Gasteiger partial charge in [0.05, 0.1) is 24.9 Å². The highest BCUT2D eigenvalue weighted by Gasteiger charge is 2.60. The lowest BCUT2D eigenvalue weighted by atomic mass is 9.71. The third kappa shape index (κ3) is 5.57. The summed E-state index contributed by atoms with van der Waals surface area (Å²) in [6.45, 7) is 11.8. The number of aliphatic hydroxyl groups excluding tert-OH is 1. The van der Waals surface area contributed by atoms with E-state index in [-0.39, 0.29) is 42.4 Å². The van der Waals surface area contributed by atoms with Crippen molar-refractivity contribution in [2.24, 2.45) is 23.7 Å². The molecular formula is C33H44O8. The van der Waals surface area contributed by atoms with Gasteiger partial charge in [-0.1, -0.05) is 64.2 Å². The molecule has 0 radical (unpaired) electrons. The lowest BCUT2D eigenvalue weighted by Gasteiger charge is -2.48. The SMILES string of the molecule is CC1=C[C@H]2C(=O)O[C@H]3C[C@@H](C/C=C(\C)[C@@H](O)[C@@H](C)/C=C/C=C4\CO[C@H](C1=O)[C@@]42O)O[C@@]1(C=C[C@H](C)[C@@H](C(C)C)O1)C3. The van der Waals surface area contributed by atoms with Gasteiger partial charge in [0.15, 0.2) is 17.7 Å². The van der Waals surface area contributed by atoms with E-state index < -0.39 is 41.6 Å². The summed E-state index contributed by atoms with van der Waals surface area (Å²) in [7, 11) is 0. The highest BCUT2D eigenvalue weighted by molar-refractivity contribution is 6.03. The summed E-state index contributed by atoms with van der Waals surface area (Å²) in [4.78, 5) is 26.9. The van der Waals surface area contributed by atoms with E-state index in [0.717, 1.165) is 5.57 Å². The third-order valence-corrected chi connectivity index (χ3v) is 9.32. The number of carbonyl (C=O) groups is 2. The molecule has 2 bridgehead atoms. The maximum Gasteiger partial charge on any atom is 0.316 e. The summed E-state index contributed by atoms with van der Waals surface area (Å²) in [5.41, 5.74) is -0.269. The van der Waals surface area contributed by atoms with Gasteiger partial charge in [-0.15, -0.1) is 0 Å². The van der Waals surface area contributed by atoms with Crippen LogP contribution < -0.4 is 0 Å². The molecule has 0 aromatic rings. The van der Waals surface area contributed by atoms with Crippen LogP contribution >= 0.6 is 0 Å². The van der Waals surface area contributed by atoms with E-state index in [1.54, 1.807) is 19.1 Å². The monoisotopic (exact) mass is 568 g/mol. The Hall–Kier alpha value is -2.36. The van der Waals surface area contributed by atoms with E-state index in [4.69, 9.17) is 18.9 Å². The fraction of sp³-hybridized carbons (Fsp3) is 0.636. The molecule has 5 aliphatic rings. The maximum atomic E-state index is 13.9. The Bertz CT molecular complexity index is 1210. The first-order valence-corrected chi connectivity index (χ1v) is 14.9. The molecular weight excluding hydrogens is 524 g/mol. The smallest absolute Gasteiger partial charge is 0.316 e. The van der Waals surface area contributed by atoms with Gasteiger partial charge in [-0.25, -0.2) is 0 Å². The van der Waals surface area contributed by atoms with Crippen molar-refractivity contribution >= 4 is 11.8 Å². The molecule has 2 fully saturated rings. The molecule has 41 heavy (non-hydrogen) atoms. The van der Waals surface area contributed by atoms with E-state index in [0.29, 0.717) is 30.4 Å². The number of fused-ring (bicyclic) bond motifs is 2. The van der Waals surface area contributed by atoms with Crippen molar-refractivity contribution in [3.8, 4) is 0 Å². The van der Waals surface area contributed by atoms with Crippen LogP contribution in [0, 0.1) is 23.7 Å². The van der Waals surface area contributed by atoms with Gasteiger partial charge in [-0.05, 0) is 49.0 Å². The first-order valence-electron chi connectivity index (χ1n) is 14.9. The highest BCUT2D eigenvalue weighted by atomic mass is 16.7. The number of Topliss-reactive ketones (excluding diaryl/α,β-unsaturated/α-hetero) is 1. The van der Waals surface area contributed by atoms with Crippen LogP contribution in [0.1, 0.15) is 60.8 Å². The van der Waals surface area contributed by atoms with Crippen molar-refractivity contribution < 1.29 is 38.7 Å². The molecule has 0 aromatic carbocycles. The minimum absolute atomic E-state index is 0.00781. The fourth-order valence-electron chi connectivity index (χ4n) is 6.88. The van der Waals surface area contributed by atoms with Gasteiger partial charge in [0.1, 0.15) is 17.6 Å². The Morgan fingerprint density at radius 3 is 2.54 bits per heavy atom. The number of ketones is 1. The second-order valence-electron chi connectivity index (χ2n) is 12.9. The van der Waals surface area contributed by atoms with E-state index in [9.17, 15) is 19.8 Å². The van der Waals surface area contributed by atoms with Crippen molar-refractivity contribution in [2.45, 2.75) is 103 Å². The van der Waals surface area contributed by atoms with Crippen LogP contribution in [0.15, 0.2) is 59.3 Å². The van der Waals surface area contributed by atoms with Crippen LogP contribution in [-0.2, 0) is 28.5 Å². The molecule has 10 atom stereocenters. The normalized spacial score (nSPS) is 46.7. The molecule has 2 saturated heterocycles. The van der Waals surface area contributed by atoms with Crippen molar-refractivity contribution in [3.63, 3.8) is 0 Å². The van der Waals surface area contributed by atoms with Gasteiger partial charge in [0.2, 0.25) is 0 Å². The lowest BCUT2D eigenvalue weighted by molar-refractivity contribution is -0.299. The molecule has 0 amide bonds. The summed E-state index contributed by atoms with van der Waals surface area (Å²) in [5, 5.41) is 23.0. The van der Waals surface area contributed by atoms with Crippen LogP contribution in [0.5, 0.6) is 0 Å². The molecule has 4 heterocycles. The summed E-state index contributed by atoms with van der Waals surface area (Å²) >= 11 is 0. The number of hydrogen-bond acceptors (Lipinski definition) is 8. The average molecular weight is 569 g/mol. The van der Waals surface area contributed by atoms with Gasteiger partial charge < -0.3 is 29.2 Å². The molecule has 4 aliphatic heterocycles. The molecule has 1 spiro atoms. The molecule has 1 aliphatic carbocycles. The van der Waals surface area contributed by atoms with Gasteiger partial charge >= 0.3 is 5.97 Å². The number of rotatable bonds is 1. The number of allylic oxidation sites excluding steroid dienone is 2. The second-order valence-corrected chi connectivity index (χ2v) is 12.9. The molecule has 8 nitrogen and oxygen atoms in total. The molecule has 224 valence electrons. The van der Waals surface area contributed by atoms with Crippen molar-refractivity contribution in [1.29, 1.82) is 0 Å². The van der Waals surface area contributed by atoms with Gasteiger partial charge in [-0.3, -0.25) is 9.59 Å². The molecule has 5 rings (SSSR count). The molecule has 2 N–H and O–H groups in total. The third-order valence-electron chi connectivity index (χ3n) is 9.32. The highest BCUT2D eigenvalue weighted by Crippen LogP contribution is 2.45. The number of aliphatic hydroxyl groups is 2. The van der Waals surface area contributed by atoms with Gasteiger partial charge in [0, 0.05) is 24.7 Å². The molecule has 0 unspecified atom stereocenters. The average Bonchev–Trinajstić information content (AvgIpc) is 3.26. The van der Waals surface area contributed by atoms with E-state index in [1.165, 1.54) is 6.08 Å². The predicted octanol–water partition coefficient (Wildman–Crippen LogP) is 4.13. The van der Waals surface area contributed by atoms with E-state index in [2.05, 4.69) is 26.8 Å². The zero-order chi connectivity index (χ0) is 29.7. The lowest BCUT2D eigenvalue weighted by Crippen LogP contribution is -2.57. The van der Waals surface area contributed by atoms with Crippen molar-refractivity contribution in [2.75, 3.05) is 6.61 Å². The standard InChI is InChI=1S/C33H44O8/c1-18(2)29-21(5)12-13-32(41-29)16-25-15-24(40-32)11-10-20(4)27(34)19(3)8-7-9-23-17-38-30-28(35)22(6)14-26(31(36)39-25)33(23,30)37/h7-10,12-14,18-19,21,24-27,29-30,34,37H,11,15-17H2,1-6H3/b8-7+,20-10+,23-9+/t19-,21-,24+,25-,26-,27-,29+,30+,32+,33+/m0/s1. The van der Waals surface area contributed by atoms with E-state index >= 15 is 0 Å². The predicted molar refractivity (Wildman–Crippen MR) is 152 cm³/mol. The Kier molecular flexibility index (Phi) is 8.36. The Morgan fingerprint density at radius 1 is 1.05 bits per heavy atom. The van der Waals surface area contributed by atoms with Crippen LogP contribution in [0.2, 0.25) is 0 Å². The first kappa shape index (κ1) is 30.1. The minimum atomic E-state index is -1.87. The first-order chi connectivity index (χ1) is 19.3. The van der Waals surface area contributed by atoms with Crippen LogP contribution in [0.25, 0.3) is 0 Å². The Balaban J connectivity index is 1.55. The van der Waals surface area contributed by atoms with Crippen molar-refractivity contribution in [3.05, 3.63) is 59.3 Å². The topological polar surface area (TPSA) is 112 Å². The molecule has 8 heteroatoms. The van der Waals surface area contributed by atoms with Gasteiger partial charge in [0.25, 0.3) is 0 Å². The fourth-order valence-corrected chi connectivity index (χ4v) is 6.88. The minimum Gasteiger partial charge on any atom is -0.462 e. The maximum absolute atomic E-state index is 13.9.